The number of anilines is 2. The van der Waals surface area contributed by atoms with E-state index < -0.39 is 0 Å². The molecule has 0 saturated carbocycles. The van der Waals surface area contributed by atoms with Crippen molar-refractivity contribution >= 4 is 11.6 Å². The topological polar surface area (TPSA) is 62.7 Å². The van der Waals surface area contributed by atoms with Crippen molar-refractivity contribution in [3.8, 4) is 0 Å². The van der Waals surface area contributed by atoms with Crippen LogP contribution in [0.15, 0.2) is 24.3 Å². The fourth-order valence-electron chi connectivity index (χ4n) is 1.97. The van der Waals surface area contributed by atoms with Crippen molar-refractivity contribution in [1.82, 2.24) is 15.0 Å². The fraction of sp³-hybridized carbons (Fsp3) is 0.438. The number of rotatable bonds is 6. The molecule has 5 heteroatoms. The summed E-state index contributed by atoms with van der Waals surface area (Å²) < 4.78 is 0. The van der Waals surface area contributed by atoms with Gasteiger partial charge in [-0.05, 0) is 26.0 Å². The van der Waals surface area contributed by atoms with E-state index in [4.69, 9.17) is 0 Å². The van der Waals surface area contributed by atoms with Crippen molar-refractivity contribution in [2.45, 2.75) is 40.2 Å². The van der Waals surface area contributed by atoms with Crippen LogP contribution in [0.2, 0.25) is 0 Å². The molecule has 2 heterocycles. The zero-order valence-corrected chi connectivity index (χ0v) is 13.1. The molecule has 0 aliphatic carbocycles. The van der Waals surface area contributed by atoms with Crippen LogP contribution in [0.3, 0.4) is 0 Å². The Hall–Kier alpha value is -2.17. The Kier molecular flexibility index (Phi) is 5.09. The Morgan fingerprint density at radius 1 is 1.05 bits per heavy atom. The summed E-state index contributed by atoms with van der Waals surface area (Å²) in [6.45, 7) is 9.73. The van der Waals surface area contributed by atoms with Crippen LogP contribution in [-0.2, 0) is 6.54 Å². The normalized spacial score (nSPS) is 10.7. The van der Waals surface area contributed by atoms with Crippen LogP contribution in [0, 0.1) is 6.92 Å². The molecular weight excluding hydrogens is 262 g/mol. The molecule has 21 heavy (non-hydrogen) atoms. The third-order valence-corrected chi connectivity index (χ3v) is 3.01. The molecule has 2 rings (SSSR count). The molecule has 0 aliphatic heterocycles. The minimum absolute atomic E-state index is 0.293. The highest BCUT2D eigenvalue weighted by atomic mass is 15.1. The molecule has 0 aliphatic rings. The monoisotopic (exact) mass is 285 g/mol. The summed E-state index contributed by atoms with van der Waals surface area (Å²) in [4.78, 5) is 13.6. The van der Waals surface area contributed by atoms with Gasteiger partial charge in [-0.25, -0.2) is 9.97 Å². The summed E-state index contributed by atoms with van der Waals surface area (Å²) in [7, 11) is 0. The molecule has 5 nitrogen and oxygen atoms in total. The second-order valence-corrected chi connectivity index (χ2v) is 5.31. The van der Waals surface area contributed by atoms with Gasteiger partial charge in [-0.15, -0.1) is 0 Å². The van der Waals surface area contributed by atoms with Gasteiger partial charge in [0.05, 0.1) is 12.2 Å². The zero-order valence-electron chi connectivity index (χ0n) is 13.1. The molecule has 0 atom stereocenters. The van der Waals surface area contributed by atoms with Gasteiger partial charge in [0.15, 0.2) is 0 Å². The number of hydrogen-bond donors (Lipinski definition) is 2. The Bertz CT molecular complexity index is 595. The highest BCUT2D eigenvalue weighted by Gasteiger charge is 2.08. The number of hydrogen-bond acceptors (Lipinski definition) is 5. The molecule has 0 saturated heterocycles. The summed E-state index contributed by atoms with van der Waals surface area (Å²) in [5, 5.41) is 6.57. The molecule has 0 radical (unpaired) electrons. The van der Waals surface area contributed by atoms with Crippen LogP contribution in [0.5, 0.6) is 0 Å². The number of nitrogens with zero attached hydrogens (tertiary/aromatic N) is 3. The van der Waals surface area contributed by atoms with Gasteiger partial charge in [-0.1, -0.05) is 19.9 Å². The van der Waals surface area contributed by atoms with Crippen molar-refractivity contribution < 1.29 is 0 Å². The second kappa shape index (κ2) is 7.02. The molecule has 0 fully saturated rings. The van der Waals surface area contributed by atoms with Gasteiger partial charge in [-0.2, -0.15) is 0 Å². The largest absolute Gasteiger partial charge is 0.370 e. The van der Waals surface area contributed by atoms with Crippen LogP contribution < -0.4 is 10.6 Å². The van der Waals surface area contributed by atoms with Gasteiger partial charge in [0.2, 0.25) is 0 Å². The fourth-order valence-corrected chi connectivity index (χ4v) is 1.97. The first-order valence-corrected chi connectivity index (χ1v) is 7.37. The molecular formula is C16H23N5. The second-order valence-electron chi connectivity index (χ2n) is 5.31. The molecule has 2 aromatic rings. The van der Waals surface area contributed by atoms with Gasteiger partial charge in [-0.3, -0.25) is 4.98 Å². The first-order valence-electron chi connectivity index (χ1n) is 7.37. The van der Waals surface area contributed by atoms with Crippen molar-refractivity contribution in [2.75, 3.05) is 17.2 Å². The molecule has 0 amide bonds. The van der Waals surface area contributed by atoms with Gasteiger partial charge in [0.25, 0.3) is 0 Å². The van der Waals surface area contributed by atoms with Crippen molar-refractivity contribution in [3.63, 3.8) is 0 Å². The van der Waals surface area contributed by atoms with Gasteiger partial charge in [0.1, 0.15) is 17.5 Å². The summed E-state index contributed by atoms with van der Waals surface area (Å²) in [6.07, 6.45) is 0. The van der Waals surface area contributed by atoms with E-state index >= 15 is 0 Å². The maximum atomic E-state index is 4.56. The Labute approximate surface area is 126 Å². The highest BCUT2D eigenvalue weighted by Crippen LogP contribution is 2.17. The summed E-state index contributed by atoms with van der Waals surface area (Å²) in [5.74, 6) is 2.82. The Morgan fingerprint density at radius 2 is 1.76 bits per heavy atom. The van der Waals surface area contributed by atoms with Crippen molar-refractivity contribution in [2.24, 2.45) is 0 Å². The predicted molar refractivity (Wildman–Crippen MR) is 86.6 cm³/mol. The number of aryl methyl sites for hydroxylation is 1. The van der Waals surface area contributed by atoms with Gasteiger partial charge >= 0.3 is 0 Å². The van der Waals surface area contributed by atoms with Crippen LogP contribution in [-0.4, -0.2) is 21.5 Å². The van der Waals surface area contributed by atoms with E-state index in [0.717, 1.165) is 35.4 Å². The lowest BCUT2D eigenvalue weighted by atomic mass is 10.2. The Morgan fingerprint density at radius 3 is 2.38 bits per heavy atom. The van der Waals surface area contributed by atoms with Crippen molar-refractivity contribution in [1.29, 1.82) is 0 Å². The van der Waals surface area contributed by atoms with Gasteiger partial charge < -0.3 is 10.6 Å². The minimum atomic E-state index is 0.293. The van der Waals surface area contributed by atoms with E-state index in [1.807, 2.05) is 31.2 Å². The molecule has 112 valence electrons. The summed E-state index contributed by atoms with van der Waals surface area (Å²) in [5.41, 5.74) is 2.03. The maximum absolute atomic E-state index is 4.56. The van der Waals surface area contributed by atoms with Crippen molar-refractivity contribution in [3.05, 3.63) is 41.5 Å². The van der Waals surface area contributed by atoms with E-state index in [1.165, 1.54) is 0 Å². The number of pyridine rings is 1. The first-order chi connectivity index (χ1) is 10.1. The third kappa shape index (κ3) is 4.41. The zero-order chi connectivity index (χ0) is 15.2. The maximum Gasteiger partial charge on any atom is 0.135 e. The summed E-state index contributed by atoms with van der Waals surface area (Å²) in [6, 6.07) is 7.96. The number of aromatic nitrogens is 3. The molecule has 2 aromatic heterocycles. The first kappa shape index (κ1) is 15.2. The third-order valence-electron chi connectivity index (χ3n) is 3.01. The molecule has 0 bridgehead atoms. The molecule has 0 unspecified atom stereocenters. The minimum Gasteiger partial charge on any atom is -0.370 e. The lowest BCUT2D eigenvalue weighted by Gasteiger charge is -2.12. The van der Waals surface area contributed by atoms with E-state index in [0.29, 0.717) is 12.5 Å². The van der Waals surface area contributed by atoms with E-state index in [2.05, 4.69) is 46.4 Å². The van der Waals surface area contributed by atoms with Crippen LogP contribution in [0.25, 0.3) is 0 Å². The smallest absolute Gasteiger partial charge is 0.135 e. The lowest BCUT2D eigenvalue weighted by Crippen LogP contribution is -2.09. The summed E-state index contributed by atoms with van der Waals surface area (Å²) >= 11 is 0. The Balaban J connectivity index is 2.14. The molecule has 2 N–H and O–H groups in total. The average Bonchev–Trinajstić information content (AvgIpc) is 2.45. The molecule has 0 spiro atoms. The lowest BCUT2D eigenvalue weighted by molar-refractivity contribution is 0.774. The number of nitrogens with one attached hydrogen (secondary N) is 2. The van der Waals surface area contributed by atoms with Crippen LogP contribution in [0.1, 0.15) is 43.9 Å². The average molecular weight is 285 g/mol. The molecule has 0 aromatic carbocycles. The van der Waals surface area contributed by atoms with Crippen LogP contribution in [0.4, 0.5) is 11.6 Å². The highest BCUT2D eigenvalue weighted by molar-refractivity contribution is 5.48. The van der Waals surface area contributed by atoms with Gasteiger partial charge in [0, 0.05) is 24.2 Å². The SMILES string of the molecule is CCNc1cc(NCc2cccc(C)n2)nc(C(C)C)n1. The van der Waals surface area contributed by atoms with E-state index in [1.54, 1.807) is 0 Å². The predicted octanol–water partition coefficient (Wildman–Crippen LogP) is 3.35. The van der Waals surface area contributed by atoms with Crippen LogP contribution >= 0.6 is 0 Å². The van der Waals surface area contributed by atoms with E-state index in [-0.39, 0.29) is 0 Å². The quantitative estimate of drug-likeness (QED) is 0.852. The van der Waals surface area contributed by atoms with E-state index in [9.17, 15) is 0 Å². The standard InChI is InChI=1S/C16H23N5/c1-5-17-14-9-15(21-16(20-14)11(2)3)18-10-13-8-6-7-12(4)19-13/h6-9,11H,5,10H2,1-4H3,(H2,17,18,20,21).